The average Bonchev–Trinajstić information content (AvgIpc) is 3.09. The molecule has 0 bridgehead atoms. The number of nitrogens with zero attached hydrogens (tertiary/aromatic N) is 1. The molecule has 2 N–H and O–H groups in total. The lowest BCUT2D eigenvalue weighted by Crippen LogP contribution is -2.06. The molecule has 1 atom stereocenters. The number of benzene rings is 1. The number of hydrogen-bond donors (Lipinski definition) is 2. The van der Waals surface area contributed by atoms with Gasteiger partial charge in [-0.05, 0) is 50.1 Å². The summed E-state index contributed by atoms with van der Waals surface area (Å²) in [4.78, 5) is 9.93. The predicted molar refractivity (Wildman–Crippen MR) is 89.9 cm³/mol. The van der Waals surface area contributed by atoms with Crippen LogP contribution >= 0.6 is 11.3 Å². The van der Waals surface area contributed by atoms with Crippen molar-refractivity contribution in [3.05, 3.63) is 58.2 Å². The monoisotopic (exact) mass is 297 g/mol. The molecular weight excluding hydrogens is 278 g/mol. The normalized spacial score (nSPS) is 12.3. The van der Waals surface area contributed by atoms with Crippen molar-refractivity contribution in [3.8, 4) is 11.3 Å². The molecule has 3 rings (SSSR count). The number of thiophene rings is 1. The number of hydrogen-bond acceptors (Lipinski definition) is 3. The number of rotatable bonds is 4. The van der Waals surface area contributed by atoms with Crippen LogP contribution in [0.2, 0.25) is 0 Å². The van der Waals surface area contributed by atoms with Crippen molar-refractivity contribution in [1.29, 1.82) is 0 Å². The quantitative estimate of drug-likeness (QED) is 0.717. The fourth-order valence-corrected chi connectivity index (χ4v) is 3.59. The number of nitrogens with one attached hydrogen (secondary N) is 2. The molecule has 0 aliphatic rings. The third kappa shape index (κ3) is 3.00. The molecule has 0 radical (unpaired) electrons. The highest BCUT2D eigenvalue weighted by atomic mass is 32.1. The molecule has 4 heteroatoms. The van der Waals surface area contributed by atoms with Crippen molar-refractivity contribution < 1.29 is 0 Å². The Hall–Kier alpha value is -2.07. The summed E-state index contributed by atoms with van der Waals surface area (Å²) in [6, 6.07) is 11.0. The Labute approximate surface area is 129 Å². The van der Waals surface area contributed by atoms with E-state index in [4.69, 9.17) is 0 Å². The summed E-state index contributed by atoms with van der Waals surface area (Å²) in [5.74, 6) is 0. The Morgan fingerprint density at radius 2 is 1.95 bits per heavy atom. The van der Waals surface area contributed by atoms with Crippen LogP contribution in [0.25, 0.3) is 11.3 Å². The summed E-state index contributed by atoms with van der Waals surface area (Å²) in [5, 5.41) is 3.57. The van der Waals surface area contributed by atoms with Crippen LogP contribution in [0.1, 0.15) is 28.3 Å². The van der Waals surface area contributed by atoms with Crippen LogP contribution in [0.15, 0.2) is 42.9 Å². The van der Waals surface area contributed by atoms with Crippen LogP contribution in [0.4, 0.5) is 5.69 Å². The van der Waals surface area contributed by atoms with Gasteiger partial charge >= 0.3 is 0 Å². The van der Waals surface area contributed by atoms with Gasteiger partial charge in [0.2, 0.25) is 0 Å². The van der Waals surface area contributed by atoms with Gasteiger partial charge in [0, 0.05) is 21.5 Å². The summed E-state index contributed by atoms with van der Waals surface area (Å²) in [6.07, 6.45) is 3.54. The number of imidazole rings is 1. The van der Waals surface area contributed by atoms with E-state index in [9.17, 15) is 0 Å². The summed E-state index contributed by atoms with van der Waals surface area (Å²) in [6.45, 7) is 6.55. The van der Waals surface area contributed by atoms with Gasteiger partial charge in [-0.3, -0.25) is 0 Å². The molecule has 108 valence electrons. The van der Waals surface area contributed by atoms with Gasteiger partial charge in [0.25, 0.3) is 0 Å². The van der Waals surface area contributed by atoms with Crippen LogP contribution in [0, 0.1) is 13.8 Å². The zero-order chi connectivity index (χ0) is 14.8. The van der Waals surface area contributed by atoms with Crippen LogP contribution in [0.3, 0.4) is 0 Å². The van der Waals surface area contributed by atoms with Crippen molar-refractivity contribution >= 4 is 17.0 Å². The molecule has 1 unspecified atom stereocenters. The zero-order valence-electron chi connectivity index (χ0n) is 12.5. The van der Waals surface area contributed by atoms with E-state index < -0.39 is 0 Å². The number of aryl methyl sites for hydroxylation is 2. The second-order valence-corrected chi connectivity index (χ2v) is 6.74. The molecule has 3 aromatic rings. The summed E-state index contributed by atoms with van der Waals surface area (Å²) in [5.41, 5.74) is 4.70. The number of H-pyrrole nitrogens is 1. The van der Waals surface area contributed by atoms with Crippen molar-refractivity contribution in [1.82, 2.24) is 9.97 Å². The molecule has 2 heterocycles. The van der Waals surface area contributed by atoms with Crippen molar-refractivity contribution in [2.45, 2.75) is 26.8 Å². The van der Waals surface area contributed by atoms with Crippen molar-refractivity contribution in [2.75, 3.05) is 5.32 Å². The minimum atomic E-state index is 0.313. The molecule has 21 heavy (non-hydrogen) atoms. The van der Waals surface area contributed by atoms with E-state index in [0.717, 1.165) is 16.9 Å². The van der Waals surface area contributed by atoms with Gasteiger partial charge in [0.05, 0.1) is 18.2 Å². The first kappa shape index (κ1) is 13.9. The highest BCUT2D eigenvalue weighted by Gasteiger charge is 2.11. The number of aromatic nitrogens is 2. The Kier molecular flexibility index (Phi) is 3.80. The second kappa shape index (κ2) is 5.74. The highest BCUT2D eigenvalue weighted by molar-refractivity contribution is 7.12. The lowest BCUT2D eigenvalue weighted by Gasteiger charge is -2.15. The molecule has 0 spiro atoms. The van der Waals surface area contributed by atoms with E-state index in [0.29, 0.717) is 6.04 Å². The zero-order valence-corrected chi connectivity index (χ0v) is 13.3. The molecule has 0 aliphatic heterocycles. The Morgan fingerprint density at radius 1 is 1.19 bits per heavy atom. The van der Waals surface area contributed by atoms with Crippen molar-refractivity contribution in [3.63, 3.8) is 0 Å². The largest absolute Gasteiger partial charge is 0.378 e. The molecular formula is C17H19N3S. The van der Waals surface area contributed by atoms with Gasteiger partial charge in [0.1, 0.15) is 0 Å². The van der Waals surface area contributed by atoms with Gasteiger partial charge in [-0.25, -0.2) is 4.98 Å². The second-order valence-electron chi connectivity index (χ2n) is 5.28. The number of aromatic amines is 1. The maximum absolute atomic E-state index is 4.05. The highest BCUT2D eigenvalue weighted by Crippen LogP contribution is 2.29. The molecule has 0 aliphatic carbocycles. The smallest absolute Gasteiger partial charge is 0.0924 e. The fraction of sp³-hybridized carbons (Fsp3) is 0.235. The van der Waals surface area contributed by atoms with E-state index in [-0.39, 0.29) is 0 Å². The average molecular weight is 297 g/mol. The van der Waals surface area contributed by atoms with E-state index in [1.54, 1.807) is 6.33 Å². The standard InChI is InChI=1S/C17H19N3S/c1-11-8-16(13(3)21-11)12(2)20-15-6-4-14(5-7-15)17-9-18-10-19-17/h4-10,12,20H,1-3H3,(H,18,19). The van der Waals surface area contributed by atoms with E-state index in [1.807, 2.05) is 17.5 Å². The summed E-state index contributed by atoms with van der Waals surface area (Å²) >= 11 is 1.86. The van der Waals surface area contributed by atoms with Crippen molar-refractivity contribution in [2.24, 2.45) is 0 Å². The fourth-order valence-electron chi connectivity index (χ4n) is 2.57. The van der Waals surface area contributed by atoms with Crippen LogP contribution in [0.5, 0.6) is 0 Å². The van der Waals surface area contributed by atoms with Crippen LogP contribution in [-0.4, -0.2) is 9.97 Å². The molecule has 0 saturated carbocycles. The lowest BCUT2D eigenvalue weighted by molar-refractivity contribution is 0.882. The first-order valence-electron chi connectivity index (χ1n) is 7.06. The molecule has 2 aromatic heterocycles. The third-order valence-electron chi connectivity index (χ3n) is 3.62. The maximum Gasteiger partial charge on any atom is 0.0924 e. The molecule has 0 saturated heterocycles. The van der Waals surface area contributed by atoms with Crippen LogP contribution < -0.4 is 5.32 Å². The topological polar surface area (TPSA) is 40.7 Å². The van der Waals surface area contributed by atoms with Gasteiger partial charge in [-0.1, -0.05) is 12.1 Å². The Morgan fingerprint density at radius 3 is 2.52 bits per heavy atom. The summed E-state index contributed by atoms with van der Waals surface area (Å²) in [7, 11) is 0. The number of anilines is 1. The van der Waals surface area contributed by atoms with Gasteiger partial charge in [-0.15, -0.1) is 11.3 Å². The molecule has 1 aromatic carbocycles. The van der Waals surface area contributed by atoms with E-state index in [2.05, 4.69) is 66.4 Å². The Balaban J connectivity index is 1.74. The van der Waals surface area contributed by atoms with E-state index >= 15 is 0 Å². The minimum absolute atomic E-state index is 0.313. The van der Waals surface area contributed by atoms with Gasteiger partial charge in [0.15, 0.2) is 0 Å². The summed E-state index contributed by atoms with van der Waals surface area (Å²) < 4.78 is 0. The predicted octanol–water partition coefficient (Wildman–Crippen LogP) is 4.93. The minimum Gasteiger partial charge on any atom is -0.378 e. The molecule has 3 nitrogen and oxygen atoms in total. The lowest BCUT2D eigenvalue weighted by atomic mass is 10.1. The first-order valence-corrected chi connectivity index (χ1v) is 7.87. The van der Waals surface area contributed by atoms with Crippen LogP contribution in [-0.2, 0) is 0 Å². The third-order valence-corrected chi connectivity index (χ3v) is 4.60. The first-order chi connectivity index (χ1) is 10.1. The SMILES string of the molecule is Cc1cc(C(C)Nc2ccc(-c3cnc[nH]3)cc2)c(C)s1. The van der Waals surface area contributed by atoms with E-state index in [1.165, 1.54) is 15.3 Å². The van der Waals surface area contributed by atoms with Gasteiger partial charge in [-0.2, -0.15) is 0 Å². The van der Waals surface area contributed by atoms with Gasteiger partial charge < -0.3 is 10.3 Å². The Bertz CT molecular complexity index is 711. The molecule has 0 fully saturated rings. The molecule has 0 amide bonds. The maximum atomic E-state index is 4.05.